The quantitative estimate of drug-likeness (QED) is 0.00652. The summed E-state index contributed by atoms with van der Waals surface area (Å²) in [6.07, 6.45) is 11.1. The zero-order chi connectivity index (χ0) is 60.5. The molecule has 0 spiro atoms. The summed E-state index contributed by atoms with van der Waals surface area (Å²) in [7, 11) is -8.53. The Hall–Kier alpha value is -5.74. The topological polar surface area (TPSA) is 256 Å². The molecule has 0 saturated heterocycles. The van der Waals surface area contributed by atoms with Gasteiger partial charge in [0.15, 0.2) is 21.0 Å². The average molecular weight is 1210 g/mol. The molecule has 4 aromatic carbocycles. The third-order valence-corrected chi connectivity index (χ3v) is 21.9. The van der Waals surface area contributed by atoms with Gasteiger partial charge in [0.05, 0.1) is 33.0 Å². The van der Waals surface area contributed by atoms with Gasteiger partial charge in [-0.3, -0.25) is 38.9 Å². The molecule has 2 amide bonds. The van der Waals surface area contributed by atoms with Crippen LogP contribution in [0.3, 0.4) is 0 Å². The molecule has 6 rings (SSSR count). The maximum absolute atomic E-state index is 12.9. The van der Waals surface area contributed by atoms with Gasteiger partial charge in [-0.25, -0.2) is 11.0 Å². The highest BCUT2D eigenvalue weighted by Gasteiger charge is 2.37. The third kappa shape index (κ3) is 22.3. The van der Waals surface area contributed by atoms with Crippen LogP contribution in [-0.4, -0.2) is 134 Å². The molecule has 83 heavy (non-hydrogen) atoms. The number of fused-ring (bicyclic) bond motifs is 2. The molecule has 454 valence electrons. The average Bonchev–Trinajstić information content (AvgIpc) is 4.33. The van der Waals surface area contributed by atoms with E-state index in [9.17, 15) is 23.8 Å². The Bertz CT molecular complexity index is 3090. The number of ether oxygens (including phenoxy) is 2. The van der Waals surface area contributed by atoms with Crippen LogP contribution < -0.4 is 20.4 Å². The number of aromatic amines is 2. The highest BCUT2D eigenvalue weighted by atomic mass is 31.2. The monoisotopic (exact) mass is 1200 g/mol. The zero-order valence-electron chi connectivity index (χ0n) is 49.5. The first-order valence-electron chi connectivity index (χ1n) is 28.0. The number of aromatic nitrogens is 2. The van der Waals surface area contributed by atoms with E-state index in [1.807, 2.05) is 85.2 Å². The van der Waals surface area contributed by atoms with Crippen molar-refractivity contribution in [2.24, 2.45) is 0 Å². The molecule has 0 atom stereocenters. The van der Waals surface area contributed by atoms with E-state index in [1.54, 1.807) is 50.8 Å². The number of hydrogen-bond acceptors (Lipinski definition) is 16. The normalized spacial score (nSPS) is 12.5. The van der Waals surface area contributed by atoms with E-state index in [4.69, 9.17) is 42.4 Å². The number of carbonyl (C=O) groups is 2. The molecule has 0 bridgehead atoms. The van der Waals surface area contributed by atoms with E-state index in [2.05, 4.69) is 65.8 Å². The molecule has 7 N–H and O–H groups in total. The highest BCUT2D eigenvalue weighted by molar-refractivity contribution is 7.53. The Morgan fingerprint density at radius 2 is 1.00 bits per heavy atom. The summed E-state index contributed by atoms with van der Waals surface area (Å²) in [5.41, 5.74) is 11.3. The maximum atomic E-state index is 12.9. The van der Waals surface area contributed by atoms with Crippen molar-refractivity contribution < 1.29 is 66.2 Å². The van der Waals surface area contributed by atoms with Gasteiger partial charge in [-0.15, -0.1) is 0 Å². The van der Waals surface area contributed by atoms with Gasteiger partial charge in [-0.2, -0.15) is 0 Å². The summed E-state index contributed by atoms with van der Waals surface area (Å²) < 4.78 is 65.1. The largest absolute Gasteiger partial charge is 0.481 e. The fraction of sp³-hybridized carbons (Fsp3) is 0.433. The van der Waals surface area contributed by atoms with E-state index < -0.39 is 35.3 Å². The first kappa shape index (κ1) is 68.0. The maximum Gasteiger partial charge on any atom is 0.367 e. The van der Waals surface area contributed by atoms with Crippen molar-refractivity contribution in [2.45, 2.75) is 92.5 Å². The van der Waals surface area contributed by atoms with Gasteiger partial charge in [-0.1, -0.05) is 69.3 Å². The minimum atomic E-state index is -3.33. The molecule has 6 aromatic rings. The van der Waals surface area contributed by atoms with Crippen molar-refractivity contribution >= 4 is 69.3 Å². The van der Waals surface area contributed by atoms with E-state index in [0.29, 0.717) is 31.2 Å². The number of hydroxylamine groups is 2. The summed E-state index contributed by atoms with van der Waals surface area (Å²) in [6.45, 7) is 24.4. The van der Waals surface area contributed by atoms with Gasteiger partial charge < -0.3 is 47.1 Å². The van der Waals surface area contributed by atoms with E-state index in [1.165, 1.54) is 12.2 Å². The molecule has 2 aromatic heterocycles. The van der Waals surface area contributed by atoms with Crippen LogP contribution in [0.5, 0.6) is 11.5 Å². The summed E-state index contributed by atoms with van der Waals surface area (Å²) in [4.78, 5) is 33.7. The van der Waals surface area contributed by atoms with Crippen molar-refractivity contribution in [2.75, 3.05) is 78.5 Å². The third-order valence-electron chi connectivity index (χ3n) is 13.9. The van der Waals surface area contributed by atoms with E-state index in [0.717, 1.165) is 94.2 Å². The first-order chi connectivity index (χ1) is 39.7. The van der Waals surface area contributed by atoms with Crippen LogP contribution in [0.15, 0.2) is 109 Å². The predicted octanol–water partition coefficient (Wildman–Crippen LogP) is 11.7. The van der Waals surface area contributed by atoms with Crippen LogP contribution in [0.2, 0.25) is 18.1 Å². The predicted molar refractivity (Wildman–Crippen MR) is 328 cm³/mol. The molecule has 0 saturated carbocycles. The second-order valence-electron chi connectivity index (χ2n) is 21.0. The van der Waals surface area contributed by atoms with Crippen LogP contribution in [-0.2, 0) is 67.2 Å². The Balaban J connectivity index is 0.000000308. The SMILES string of the molecule is CCOP(=O)(COc1ccc2[nH]cc(CCN(CCO)Cc3ccc(/C=C/C(=O)NO)cc3)c2c1)OCC.CCOP(=O)(COc1ccc2[nH]cc(CCN(CCO[Si](C)(C)C(C)(C)C)Cc3ccc(/C=C/C(=O)NO)cc3)c2c1)OCC. The Morgan fingerprint density at radius 1 is 0.602 bits per heavy atom. The second-order valence-corrected chi connectivity index (χ2v) is 29.8. The zero-order valence-corrected chi connectivity index (χ0v) is 52.3. The minimum absolute atomic E-state index is 0.0443. The smallest absolute Gasteiger partial charge is 0.367 e. The lowest BCUT2D eigenvalue weighted by Gasteiger charge is -2.37. The number of nitrogens with one attached hydrogen (secondary N) is 4. The van der Waals surface area contributed by atoms with Crippen LogP contribution in [0.4, 0.5) is 0 Å². The van der Waals surface area contributed by atoms with Gasteiger partial charge in [-0.05, 0) is 141 Å². The summed E-state index contributed by atoms with van der Waals surface area (Å²) >= 11 is 0. The Kier molecular flexibility index (Phi) is 27.6. The molecule has 0 aliphatic carbocycles. The second kappa shape index (κ2) is 33.7. The fourth-order valence-corrected chi connectivity index (χ4v) is 12.2. The molecule has 23 heteroatoms. The highest BCUT2D eigenvalue weighted by Crippen LogP contribution is 2.49. The van der Waals surface area contributed by atoms with Crippen LogP contribution >= 0.6 is 15.2 Å². The number of carbonyl (C=O) groups excluding carboxylic acids is 2. The van der Waals surface area contributed by atoms with Crippen LogP contribution in [0, 0.1) is 0 Å². The first-order valence-corrected chi connectivity index (χ1v) is 34.4. The molecular weight excluding hydrogens is 1120 g/mol. The van der Waals surface area contributed by atoms with E-state index in [-0.39, 0.29) is 50.8 Å². The van der Waals surface area contributed by atoms with Crippen molar-refractivity contribution in [1.82, 2.24) is 30.7 Å². The summed E-state index contributed by atoms with van der Waals surface area (Å²) in [5, 5.41) is 29.1. The number of rotatable bonds is 34. The van der Waals surface area contributed by atoms with Gasteiger partial charge in [0.25, 0.3) is 11.8 Å². The number of hydrogen-bond donors (Lipinski definition) is 7. The fourth-order valence-electron chi connectivity index (χ4n) is 8.51. The van der Waals surface area contributed by atoms with Gasteiger partial charge >= 0.3 is 15.2 Å². The lowest BCUT2D eigenvalue weighted by atomic mass is 10.1. The van der Waals surface area contributed by atoms with Crippen LogP contribution in [0.1, 0.15) is 81.8 Å². The number of aliphatic hydroxyl groups is 1. The number of amides is 2. The van der Waals surface area contributed by atoms with Crippen molar-refractivity contribution in [3.05, 3.63) is 143 Å². The molecular formula is C60H86N6O14P2Si. The minimum Gasteiger partial charge on any atom is -0.481 e. The molecule has 0 unspecified atom stereocenters. The Labute approximate surface area is 489 Å². The number of aliphatic hydroxyl groups excluding tert-OH is 1. The molecule has 0 aliphatic rings. The number of nitrogens with zero attached hydrogens (tertiary/aromatic N) is 2. The van der Waals surface area contributed by atoms with Crippen molar-refractivity contribution in [1.29, 1.82) is 0 Å². The molecule has 0 aliphatic heterocycles. The standard InChI is InChI=1S/C33H50N3O7PSi.C27H36N3O7P/c1-8-41-44(39,42-9-2)25-40-29-15-16-31-30(22-29)28(23-34-31)18-19-36(20-21-43-45(6,7)33(3,4)5)24-27-12-10-26(11-13-27)14-17-32(37)35-38;1-3-36-38(34,37-4-2)20-35-24-10-11-26-25(17-24)23(18-28-26)13-14-30(15-16-31)19-22-7-5-21(6-8-22)9-12-27(32)29-33/h10-17,22-23,34,38H,8-9,18-21,24-25H2,1-7H3,(H,35,37);5-12,17-18,28,31,33H,3-4,13-16,19-20H2,1-2H3,(H,29,32)/b17-14+;12-9+. The molecule has 20 nitrogen and oxygen atoms in total. The molecule has 2 heterocycles. The molecule has 0 radical (unpaired) electrons. The van der Waals surface area contributed by atoms with Gasteiger partial charge in [0.1, 0.15) is 11.5 Å². The lowest BCUT2D eigenvalue weighted by Crippen LogP contribution is -2.43. The van der Waals surface area contributed by atoms with E-state index >= 15 is 0 Å². The van der Waals surface area contributed by atoms with Crippen molar-refractivity contribution in [3.8, 4) is 11.5 Å². The lowest BCUT2D eigenvalue weighted by molar-refractivity contribution is -0.124. The summed E-state index contributed by atoms with van der Waals surface area (Å²) in [5.74, 6) is 0.0261. The van der Waals surface area contributed by atoms with Crippen molar-refractivity contribution in [3.63, 3.8) is 0 Å². The molecule has 0 fully saturated rings. The number of H-pyrrole nitrogens is 2. The summed E-state index contributed by atoms with van der Waals surface area (Å²) in [6, 6.07) is 27.2. The van der Waals surface area contributed by atoms with Crippen LogP contribution in [0.25, 0.3) is 34.0 Å². The van der Waals surface area contributed by atoms with Gasteiger partial charge in [0, 0.05) is 92.2 Å². The number of benzene rings is 4. The van der Waals surface area contributed by atoms with Gasteiger partial charge in [0.2, 0.25) is 0 Å². The Morgan fingerprint density at radius 3 is 1.36 bits per heavy atom.